The lowest BCUT2D eigenvalue weighted by Gasteiger charge is -2.08. The number of hydrogen-bond donors (Lipinski definition) is 2. The molecule has 3 aromatic carbocycles. The van der Waals surface area contributed by atoms with Crippen LogP contribution >= 0.6 is 0 Å². The van der Waals surface area contributed by atoms with Gasteiger partial charge in [-0.1, -0.05) is 72.8 Å². The molecule has 0 aliphatic heterocycles. The van der Waals surface area contributed by atoms with E-state index in [0.29, 0.717) is 0 Å². The van der Waals surface area contributed by atoms with Gasteiger partial charge in [-0.3, -0.25) is 0 Å². The molecule has 10 heteroatoms. The number of rotatable bonds is 8. The average molecular weight is 486 g/mol. The molecule has 0 amide bonds. The first-order chi connectivity index (χ1) is 17.4. The quantitative estimate of drug-likeness (QED) is 0.344. The molecular formula is C26H22N4O6. The summed E-state index contributed by atoms with van der Waals surface area (Å²) in [6.45, 7) is 0.366. The Morgan fingerprint density at radius 2 is 0.917 bits per heavy atom. The molecule has 0 saturated carbocycles. The zero-order chi connectivity index (χ0) is 25.1. The van der Waals surface area contributed by atoms with Gasteiger partial charge < -0.3 is 9.05 Å². The molecule has 0 fully saturated rings. The zero-order valence-corrected chi connectivity index (χ0v) is 19.1. The van der Waals surface area contributed by atoms with E-state index in [2.05, 4.69) is 28.2 Å². The van der Waals surface area contributed by atoms with Gasteiger partial charge in [0.15, 0.2) is 0 Å². The van der Waals surface area contributed by atoms with Gasteiger partial charge in [-0.2, -0.15) is 0 Å². The highest BCUT2D eigenvalue weighted by Gasteiger charge is 2.06. The summed E-state index contributed by atoms with van der Waals surface area (Å²) in [5.74, 6) is -1.54. The summed E-state index contributed by atoms with van der Waals surface area (Å²) < 4.78 is 11.6. The maximum Gasteiger partial charge on any atom is 0.440 e. The Labute approximate surface area is 203 Å². The maximum atomic E-state index is 11.6. The second kappa shape index (κ2) is 9.79. The van der Waals surface area contributed by atoms with Crippen molar-refractivity contribution in [3.05, 3.63) is 148 Å². The van der Waals surface area contributed by atoms with E-state index >= 15 is 0 Å². The van der Waals surface area contributed by atoms with Crippen molar-refractivity contribution in [2.45, 2.75) is 25.9 Å². The summed E-state index contributed by atoms with van der Waals surface area (Å²) in [6.07, 6.45) is 1.51. The molecule has 5 rings (SSSR count). The first-order valence-electron chi connectivity index (χ1n) is 11.3. The van der Waals surface area contributed by atoms with Crippen molar-refractivity contribution in [1.29, 1.82) is 0 Å². The van der Waals surface area contributed by atoms with E-state index in [4.69, 9.17) is 9.05 Å². The Hall–Kier alpha value is -4.86. The molecule has 0 unspecified atom stereocenters. The van der Waals surface area contributed by atoms with Gasteiger partial charge >= 0.3 is 22.9 Å². The third-order valence-corrected chi connectivity index (χ3v) is 5.76. The Morgan fingerprint density at radius 1 is 0.528 bits per heavy atom. The Morgan fingerprint density at radius 3 is 1.28 bits per heavy atom. The van der Waals surface area contributed by atoms with E-state index in [1.54, 1.807) is 0 Å². The highest BCUT2D eigenvalue weighted by atomic mass is 16.5. The number of benzene rings is 3. The Balaban J connectivity index is 1.22. The molecule has 36 heavy (non-hydrogen) atoms. The topological polar surface area (TPSA) is 136 Å². The van der Waals surface area contributed by atoms with Crippen LogP contribution in [0, 0.1) is 0 Å². The fraction of sp³-hybridized carbons (Fsp3) is 0.154. The molecule has 0 bridgehead atoms. The van der Waals surface area contributed by atoms with Gasteiger partial charge in [0.2, 0.25) is 0 Å². The third kappa shape index (κ3) is 5.44. The number of H-pyrrole nitrogens is 2. The van der Waals surface area contributed by atoms with E-state index in [9.17, 15) is 19.2 Å². The summed E-state index contributed by atoms with van der Waals surface area (Å²) >= 11 is 0. The number of hydrogen-bond acceptors (Lipinski definition) is 6. The van der Waals surface area contributed by atoms with Crippen LogP contribution in [0.5, 0.6) is 0 Å². The Kier molecular flexibility index (Phi) is 6.23. The minimum atomic E-state index is -0.768. The van der Waals surface area contributed by atoms with Gasteiger partial charge in [0, 0.05) is 0 Å². The number of nitrogens with one attached hydrogen (secondary N) is 2. The SMILES string of the molecule is O=c1[nH]c(=O)n(Cc2ccc(Cc3cccc(Cc4ccc(Cn5oc(=O)[nH]c5=O)cc4)c3)cc2)o1. The van der Waals surface area contributed by atoms with Crippen molar-refractivity contribution in [1.82, 2.24) is 19.4 Å². The van der Waals surface area contributed by atoms with Crippen LogP contribution in [-0.2, 0) is 25.9 Å². The van der Waals surface area contributed by atoms with E-state index in [1.165, 1.54) is 11.1 Å². The summed E-state index contributed by atoms with van der Waals surface area (Å²) in [7, 11) is 0. The molecule has 182 valence electrons. The van der Waals surface area contributed by atoms with Crippen molar-refractivity contribution < 1.29 is 9.05 Å². The predicted octanol–water partition coefficient (Wildman–Crippen LogP) is 1.85. The molecule has 5 aromatic rings. The normalized spacial score (nSPS) is 11.1. The smallest absolute Gasteiger partial charge is 0.317 e. The van der Waals surface area contributed by atoms with E-state index in [0.717, 1.165) is 44.6 Å². The number of aromatic amines is 2. The third-order valence-electron chi connectivity index (χ3n) is 5.76. The van der Waals surface area contributed by atoms with Crippen LogP contribution in [0.15, 0.2) is 101 Å². The molecule has 2 aromatic heterocycles. The minimum Gasteiger partial charge on any atom is -0.317 e. The van der Waals surface area contributed by atoms with Crippen molar-refractivity contribution in [2.24, 2.45) is 0 Å². The fourth-order valence-corrected chi connectivity index (χ4v) is 4.01. The Bertz CT molecular complexity index is 1590. The molecule has 2 heterocycles. The van der Waals surface area contributed by atoms with Crippen molar-refractivity contribution in [3.63, 3.8) is 0 Å². The molecule has 10 nitrogen and oxygen atoms in total. The summed E-state index contributed by atoms with van der Waals surface area (Å²) in [5, 5.41) is 0. The van der Waals surface area contributed by atoms with Crippen molar-refractivity contribution in [2.75, 3.05) is 0 Å². The highest BCUT2D eigenvalue weighted by Crippen LogP contribution is 2.16. The summed E-state index contributed by atoms with van der Waals surface area (Å²) in [4.78, 5) is 49.6. The van der Waals surface area contributed by atoms with Crippen LogP contribution in [0.4, 0.5) is 0 Å². The van der Waals surface area contributed by atoms with Crippen LogP contribution in [0.25, 0.3) is 0 Å². The van der Waals surface area contributed by atoms with Crippen LogP contribution in [-0.4, -0.2) is 19.4 Å². The van der Waals surface area contributed by atoms with Crippen LogP contribution in [0.3, 0.4) is 0 Å². The van der Waals surface area contributed by atoms with E-state index < -0.39 is 22.9 Å². The van der Waals surface area contributed by atoms with E-state index in [-0.39, 0.29) is 13.1 Å². The fourth-order valence-electron chi connectivity index (χ4n) is 4.01. The average Bonchev–Trinajstić information content (AvgIpc) is 3.34. The van der Waals surface area contributed by atoms with Gasteiger partial charge in [-0.15, -0.1) is 9.48 Å². The molecule has 2 N–H and O–H groups in total. The summed E-state index contributed by atoms with van der Waals surface area (Å²) in [5.41, 5.74) is 5.15. The monoisotopic (exact) mass is 486 g/mol. The maximum absolute atomic E-state index is 11.6. The first-order valence-corrected chi connectivity index (χ1v) is 11.3. The standard InChI is InChI=1S/C26H22N4O6/c31-23-27-25(33)35-29(23)15-19-8-4-17(5-9-19)12-21-2-1-3-22(14-21)13-18-6-10-20(11-7-18)16-30-24(32)28-26(34)36-30/h1-11,14H,12-13,15-16H2,(H,27,31,33)(H,28,32,34). The molecular weight excluding hydrogens is 464 g/mol. The van der Waals surface area contributed by atoms with Gasteiger partial charge in [0.1, 0.15) is 0 Å². The second-order valence-corrected chi connectivity index (χ2v) is 8.50. The van der Waals surface area contributed by atoms with E-state index in [1.807, 2.05) is 54.6 Å². The lowest BCUT2D eigenvalue weighted by atomic mass is 9.98. The lowest BCUT2D eigenvalue weighted by molar-refractivity contribution is 0.258. The second-order valence-electron chi connectivity index (χ2n) is 8.50. The van der Waals surface area contributed by atoms with Crippen LogP contribution in [0.2, 0.25) is 0 Å². The van der Waals surface area contributed by atoms with Gasteiger partial charge in [-0.05, 0) is 46.2 Å². The van der Waals surface area contributed by atoms with Crippen molar-refractivity contribution >= 4 is 0 Å². The highest BCUT2D eigenvalue weighted by molar-refractivity contribution is 5.34. The summed E-state index contributed by atoms with van der Waals surface area (Å²) in [6, 6.07) is 24.0. The molecule has 0 atom stereocenters. The van der Waals surface area contributed by atoms with Crippen molar-refractivity contribution in [3.8, 4) is 0 Å². The van der Waals surface area contributed by atoms with Gasteiger partial charge in [0.05, 0.1) is 13.1 Å². The predicted molar refractivity (Wildman–Crippen MR) is 130 cm³/mol. The molecule has 0 aliphatic carbocycles. The number of nitrogens with zero attached hydrogens (tertiary/aromatic N) is 2. The largest absolute Gasteiger partial charge is 0.440 e. The molecule has 0 aliphatic rings. The lowest BCUT2D eigenvalue weighted by Crippen LogP contribution is -2.17. The van der Waals surface area contributed by atoms with Crippen LogP contribution in [0.1, 0.15) is 33.4 Å². The van der Waals surface area contributed by atoms with Gasteiger partial charge in [0.25, 0.3) is 0 Å². The number of aromatic nitrogens is 4. The first kappa shape index (κ1) is 22.9. The zero-order valence-electron chi connectivity index (χ0n) is 19.1. The molecule has 0 saturated heterocycles. The van der Waals surface area contributed by atoms with Gasteiger partial charge in [-0.25, -0.2) is 29.1 Å². The molecule has 0 spiro atoms. The van der Waals surface area contributed by atoms with Crippen LogP contribution < -0.4 is 22.9 Å². The molecule has 0 radical (unpaired) electrons. The minimum absolute atomic E-state index is 0.183.